The number of nitrogens with zero attached hydrogens (tertiary/aromatic N) is 2. The predicted octanol–water partition coefficient (Wildman–Crippen LogP) is 3.68. The van der Waals surface area contributed by atoms with Crippen LogP contribution in [0.15, 0.2) is 53.4 Å². The fourth-order valence-electron chi connectivity index (χ4n) is 3.40. The standard InChI is InChI=1S/C23H34N2O4S/c1-5-15-24(16-6-2)17-21(26)18-25(20-9-11-22(29-4)12-10-20)30(27,28)23-13-7-19(3)8-14-23/h7-14,21,26H,5-6,15-18H2,1-4H3/t21-/m1/s1. The van der Waals surface area contributed by atoms with Gasteiger partial charge >= 0.3 is 0 Å². The van der Waals surface area contributed by atoms with Crippen molar-refractivity contribution < 1.29 is 18.3 Å². The van der Waals surface area contributed by atoms with Gasteiger partial charge in [0, 0.05) is 6.54 Å². The highest BCUT2D eigenvalue weighted by Crippen LogP contribution is 2.26. The van der Waals surface area contributed by atoms with Crippen molar-refractivity contribution in [1.29, 1.82) is 0 Å². The molecule has 166 valence electrons. The molecule has 0 amide bonds. The predicted molar refractivity (Wildman–Crippen MR) is 122 cm³/mol. The lowest BCUT2D eigenvalue weighted by molar-refractivity contribution is 0.119. The minimum atomic E-state index is -3.83. The fraction of sp³-hybridized carbons (Fsp3) is 0.478. The molecule has 0 aromatic heterocycles. The van der Waals surface area contributed by atoms with Crippen LogP contribution in [0.5, 0.6) is 5.75 Å². The van der Waals surface area contributed by atoms with Crippen LogP contribution in [0, 0.1) is 6.92 Å². The van der Waals surface area contributed by atoms with Crippen LogP contribution in [-0.2, 0) is 10.0 Å². The van der Waals surface area contributed by atoms with E-state index in [1.165, 1.54) is 4.31 Å². The van der Waals surface area contributed by atoms with E-state index in [9.17, 15) is 13.5 Å². The average Bonchev–Trinajstić information content (AvgIpc) is 2.73. The fourth-order valence-corrected chi connectivity index (χ4v) is 4.90. The molecule has 2 aromatic rings. The Labute approximate surface area is 181 Å². The first kappa shape index (κ1) is 24.2. The summed E-state index contributed by atoms with van der Waals surface area (Å²) in [5, 5.41) is 10.8. The Morgan fingerprint density at radius 2 is 1.50 bits per heavy atom. The number of hydrogen-bond acceptors (Lipinski definition) is 5. The highest BCUT2D eigenvalue weighted by atomic mass is 32.2. The van der Waals surface area contributed by atoms with Crippen LogP contribution in [0.25, 0.3) is 0 Å². The van der Waals surface area contributed by atoms with Gasteiger partial charge in [-0.1, -0.05) is 31.5 Å². The van der Waals surface area contributed by atoms with Crippen molar-refractivity contribution in [2.75, 3.05) is 37.6 Å². The minimum absolute atomic E-state index is 0.0214. The van der Waals surface area contributed by atoms with Crippen molar-refractivity contribution in [3.05, 3.63) is 54.1 Å². The summed E-state index contributed by atoms with van der Waals surface area (Å²) in [5.41, 5.74) is 1.48. The summed E-state index contributed by atoms with van der Waals surface area (Å²) in [6.07, 6.45) is 1.15. The Balaban J connectivity index is 2.34. The lowest BCUT2D eigenvalue weighted by atomic mass is 10.2. The molecule has 0 unspecified atom stereocenters. The zero-order valence-corrected chi connectivity index (χ0v) is 19.2. The molecule has 0 aliphatic carbocycles. The Morgan fingerprint density at radius 3 is 2.00 bits per heavy atom. The van der Waals surface area contributed by atoms with E-state index in [0.717, 1.165) is 31.5 Å². The van der Waals surface area contributed by atoms with Gasteiger partial charge in [-0.3, -0.25) is 4.31 Å². The monoisotopic (exact) mass is 434 g/mol. The van der Waals surface area contributed by atoms with Gasteiger partial charge in [0.2, 0.25) is 0 Å². The molecule has 30 heavy (non-hydrogen) atoms. The van der Waals surface area contributed by atoms with Gasteiger partial charge in [0.1, 0.15) is 5.75 Å². The van der Waals surface area contributed by atoms with E-state index in [2.05, 4.69) is 18.7 Å². The van der Waals surface area contributed by atoms with Crippen LogP contribution in [0.3, 0.4) is 0 Å². The molecule has 0 fully saturated rings. The van der Waals surface area contributed by atoms with Crippen molar-refractivity contribution in [2.24, 2.45) is 0 Å². The Morgan fingerprint density at radius 1 is 0.933 bits per heavy atom. The molecule has 1 N–H and O–H groups in total. The Bertz CT molecular complexity index is 861. The van der Waals surface area contributed by atoms with Crippen LogP contribution in [0.1, 0.15) is 32.3 Å². The third-order valence-corrected chi connectivity index (χ3v) is 6.70. The first-order valence-electron chi connectivity index (χ1n) is 10.5. The average molecular weight is 435 g/mol. The van der Waals surface area contributed by atoms with Gasteiger partial charge < -0.3 is 14.7 Å². The van der Waals surface area contributed by atoms with E-state index in [4.69, 9.17) is 4.74 Å². The summed E-state index contributed by atoms with van der Waals surface area (Å²) in [4.78, 5) is 2.38. The van der Waals surface area contributed by atoms with Crippen LogP contribution >= 0.6 is 0 Å². The second-order valence-corrected chi connectivity index (χ2v) is 9.36. The summed E-state index contributed by atoms with van der Waals surface area (Å²) >= 11 is 0. The molecule has 7 heteroatoms. The molecule has 0 saturated carbocycles. The highest BCUT2D eigenvalue weighted by Gasteiger charge is 2.28. The second-order valence-electron chi connectivity index (χ2n) is 7.50. The topological polar surface area (TPSA) is 70.1 Å². The molecule has 0 heterocycles. The maximum atomic E-state index is 13.4. The van der Waals surface area contributed by atoms with Gasteiger partial charge in [-0.05, 0) is 69.3 Å². The SMILES string of the molecule is CCCN(CCC)C[C@@H](O)CN(c1ccc(OC)cc1)S(=O)(=O)c1ccc(C)cc1. The van der Waals surface area contributed by atoms with Gasteiger partial charge in [0.15, 0.2) is 0 Å². The molecule has 0 bridgehead atoms. The third kappa shape index (κ3) is 6.45. The van der Waals surface area contributed by atoms with E-state index in [1.807, 2.05) is 6.92 Å². The molecular formula is C23H34N2O4S. The molecule has 2 aromatic carbocycles. The maximum Gasteiger partial charge on any atom is 0.264 e. The minimum Gasteiger partial charge on any atom is -0.497 e. The number of hydrogen-bond donors (Lipinski definition) is 1. The number of aliphatic hydroxyl groups excluding tert-OH is 1. The number of aliphatic hydroxyl groups is 1. The van der Waals surface area contributed by atoms with Crippen LogP contribution in [0.4, 0.5) is 5.69 Å². The van der Waals surface area contributed by atoms with Gasteiger partial charge in [-0.15, -0.1) is 0 Å². The van der Waals surface area contributed by atoms with Gasteiger partial charge in [-0.2, -0.15) is 0 Å². The van der Waals surface area contributed by atoms with E-state index in [-0.39, 0.29) is 11.4 Å². The van der Waals surface area contributed by atoms with Crippen molar-refractivity contribution in [2.45, 2.75) is 44.6 Å². The lowest BCUT2D eigenvalue weighted by Gasteiger charge is -2.30. The number of anilines is 1. The Hall–Kier alpha value is -2.09. The number of aryl methyl sites for hydroxylation is 1. The molecule has 0 radical (unpaired) electrons. The zero-order chi connectivity index (χ0) is 22.1. The summed E-state index contributed by atoms with van der Waals surface area (Å²) in [6, 6.07) is 13.6. The van der Waals surface area contributed by atoms with Gasteiger partial charge in [0.05, 0.1) is 30.3 Å². The number of methoxy groups -OCH3 is 1. The normalized spacial score (nSPS) is 12.7. The third-order valence-electron chi connectivity index (χ3n) is 4.89. The van der Waals surface area contributed by atoms with Crippen LogP contribution in [0.2, 0.25) is 0 Å². The van der Waals surface area contributed by atoms with Gasteiger partial charge in [0.25, 0.3) is 10.0 Å². The molecule has 0 spiro atoms. The van der Waals surface area contributed by atoms with E-state index >= 15 is 0 Å². The second kappa shape index (κ2) is 11.3. The first-order valence-corrected chi connectivity index (χ1v) is 11.9. The van der Waals surface area contributed by atoms with Crippen molar-refractivity contribution >= 4 is 15.7 Å². The van der Waals surface area contributed by atoms with Crippen molar-refractivity contribution in [3.8, 4) is 5.75 Å². The maximum absolute atomic E-state index is 13.4. The summed E-state index contributed by atoms with van der Waals surface area (Å²) in [7, 11) is -2.27. The van der Waals surface area contributed by atoms with Crippen LogP contribution < -0.4 is 9.04 Å². The molecule has 0 saturated heterocycles. The molecular weight excluding hydrogens is 400 g/mol. The zero-order valence-electron chi connectivity index (χ0n) is 18.4. The molecule has 2 rings (SSSR count). The lowest BCUT2D eigenvalue weighted by Crippen LogP contribution is -2.43. The molecule has 1 atom stereocenters. The van der Waals surface area contributed by atoms with Gasteiger partial charge in [-0.25, -0.2) is 8.42 Å². The van der Waals surface area contributed by atoms with Crippen molar-refractivity contribution in [3.63, 3.8) is 0 Å². The first-order chi connectivity index (χ1) is 14.3. The number of sulfonamides is 1. The highest BCUT2D eigenvalue weighted by molar-refractivity contribution is 7.92. The molecule has 0 aliphatic heterocycles. The molecule has 6 nitrogen and oxygen atoms in total. The van der Waals surface area contributed by atoms with E-state index in [1.54, 1.807) is 55.6 Å². The number of ether oxygens (including phenoxy) is 1. The van der Waals surface area contributed by atoms with E-state index in [0.29, 0.717) is 18.0 Å². The molecule has 0 aliphatic rings. The Kier molecular flexibility index (Phi) is 9.14. The summed E-state index contributed by atoms with van der Waals surface area (Å²) in [6.45, 7) is 8.26. The summed E-state index contributed by atoms with van der Waals surface area (Å²) < 4.78 is 33.4. The number of rotatable bonds is 12. The van der Waals surface area contributed by atoms with Crippen molar-refractivity contribution in [1.82, 2.24) is 4.90 Å². The quantitative estimate of drug-likeness (QED) is 0.552. The van der Waals surface area contributed by atoms with E-state index < -0.39 is 16.1 Å². The smallest absolute Gasteiger partial charge is 0.264 e. The largest absolute Gasteiger partial charge is 0.497 e. The number of benzene rings is 2. The summed E-state index contributed by atoms with van der Waals surface area (Å²) in [5.74, 6) is 0.643. The van der Waals surface area contributed by atoms with Crippen LogP contribution in [-0.4, -0.2) is 57.8 Å².